The molecule has 1 atom stereocenters. The maximum absolute atomic E-state index is 12.9. The largest absolute Gasteiger partial charge is 0.376 e. The Morgan fingerprint density at radius 3 is 2.54 bits per heavy atom. The van der Waals surface area contributed by atoms with Crippen LogP contribution in [0, 0.1) is 0 Å². The van der Waals surface area contributed by atoms with Crippen molar-refractivity contribution in [3.05, 3.63) is 29.3 Å². The number of halogens is 1. The number of hydrogen-bond donors (Lipinski definition) is 1. The van der Waals surface area contributed by atoms with Crippen molar-refractivity contribution in [1.29, 1.82) is 0 Å². The van der Waals surface area contributed by atoms with Gasteiger partial charge in [0.2, 0.25) is 24.0 Å². The lowest BCUT2D eigenvalue weighted by Gasteiger charge is -2.11. The van der Waals surface area contributed by atoms with Crippen LogP contribution >= 0.6 is 22.9 Å². The van der Waals surface area contributed by atoms with E-state index in [2.05, 4.69) is 10.3 Å². The molecule has 1 aliphatic heterocycles. The molecule has 0 amide bonds. The lowest BCUT2D eigenvalue weighted by Crippen LogP contribution is -2.19. The van der Waals surface area contributed by atoms with Gasteiger partial charge in [-0.05, 0) is 37.1 Å². The highest BCUT2D eigenvalue weighted by Crippen LogP contribution is 2.35. The Bertz CT molecular complexity index is 994. The predicted molar refractivity (Wildman–Crippen MR) is 99.6 cm³/mol. The van der Waals surface area contributed by atoms with Crippen molar-refractivity contribution in [3.8, 4) is 0 Å². The number of nitrogens with zero attached hydrogens (tertiary/aromatic N) is 1. The second kappa shape index (κ2) is 7.43. The Hall–Kier alpha value is -1.20. The van der Waals surface area contributed by atoms with Gasteiger partial charge in [0.05, 0.1) is 11.0 Å². The van der Waals surface area contributed by atoms with Crippen molar-refractivity contribution in [2.75, 3.05) is 24.7 Å². The van der Waals surface area contributed by atoms with Crippen molar-refractivity contribution >= 4 is 47.6 Å². The molecule has 1 fully saturated rings. The molecule has 11 heteroatoms. The molecule has 2 aromatic rings. The standard InChI is InChI=1S/C15H17ClN2O5S3/c1-25(19,20)15-18-14(13(24-15)17-9-11-3-2-8-23-11)26(21,22)12-6-4-10(16)5-7-12/h4-7,11,17H,2-3,8-9H2,1H3/t11-/m0/s1. The maximum atomic E-state index is 12.9. The number of anilines is 1. The molecular weight excluding hydrogens is 420 g/mol. The molecule has 2 heterocycles. The molecule has 0 aliphatic carbocycles. The van der Waals surface area contributed by atoms with Crippen molar-refractivity contribution in [2.45, 2.75) is 33.2 Å². The van der Waals surface area contributed by atoms with Gasteiger partial charge in [-0.2, -0.15) is 0 Å². The van der Waals surface area contributed by atoms with Gasteiger partial charge in [-0.25, -0.2) is 21.8 Å². The first-order chi connectivity index (χ1) is 12.2. The number of aromatic nitrogens is 1. The quantitative estimate of drug-likeness (QED) is 0.742. The summed E-state index contributed by atoms with van der Waals surface area (Å²) in [6.07, 6.45) is 2.77. The molecule has 142 valence electrons. The van der Waals surface area contributed by atoms with Gasteiger partial charge in [0, 0.05) is 24.4 Å². The highest BCUT2D eigenvalue weighted by atomic mass is 35.5. The molecule has 0 radical (unpaired) electrons. The molecule has 1 aromatic heterocycles. The Morgan fingerprint density at radius 1 is 1.27 bits per heavy atom. The second-order valence-electron chi connectivity index (χ2n) is 5.86. The average Bonchev–Trinajstić information content (AvgIpc) is 3.22. The zero-order valence-corrected chi connectivity index (χ0v) is 17.0. The Morgan fingerprint density at radius 2 is 1.96 bits per heavy atom. The van der Waals surface area contributed by atoms with Crippen LogP contribution in [0.4, 0.5) is 5.00 Å². The van der Waals surface area contributed by atoms with Crippen LogP contribution in [0.15, 0.2) is 38.5 Å². The SMILES string of the molecule is CS(=O)(=O)c1nc(S(=O)(=O)c2ccc(Cl)cc2)c(NC[C@@H]2CCCO2)s1. The molecule has 26 heavy (non-hydrogen) atoms. The van der Waals surface area contributed by atoms with E-state index in [1.54, 1.807) is 0 Å². The first-order valence-corrected chi connectivity index (χ1v) is 12.3. The first-order valence-electron chi connectivity index (χ1n) is 7.75. The lowest BCUT2D eigenvalue weighted by atomic mass is 10.2. The van der Waals surface area contributed by atoms with Crippen molar-refractivity contribution in [3.63, 3.8) is 0 Å². The maximum Gasteiger partial charge on any atom is 0.226 e. The smallest absolute Gasteiger partial charge is 0.226 e. The van der Waals surface area contributed by atoms with Crippen LogP contribution in [0.25, 0.3) is 0 Å². The summed E-state index contributed by atoms with van der Waals surface area (Å²) in [5.41, 5.74) is 0. The van der Waals surface area contributed by atoms with Gasteiger partial charge in [0.15, 0.2) is 5.03 Å². The van der Waals surface area contributed by atoms with Crippen LogP contribution in [-0.2, 0) is 24.4 Å². The number of benzene rings is 1. The van der Waals surface area contributed by atoms with E-state index in [-0.39, 0.29) is 25.4 Å². The van der Waals surface area contributed by atoms with Crippen molar-refractivity contribution in [2.24, 2.45) is 0 Å². The zero-order chi connectivity index (χ0) is 18.9. The molecule has 1 aliphatic rings. The summed E-state index contributed by atoms with van der Waals surface area (Å²) < 4.78 is 54.8. The third kappa shape index (κ3) is 4.20. The fourth-order valence-electron chi connectivity index (χ4n) is 2.48. The molecule has 0 bridgehead atoms. The highest BCUT2D eigenvalue weighted by Gasteiger charge is 2.29. The van der Waals surface area contributed by atoms with Gasteiger partial charge < -0.3 is 10.1 Å². The van der Waals surface area contributed by atoms with Gasteiger partial charge in [0.1, 0.15) is 5.00 Å². The first kappa shape index (κ1) is 19.6. The molecule has 0 saturated carbocycles. The number of nitrogens with one attached hydrogen (secondary N) is 1. The summed E-state index contributed by atoms with van der Waals surface area (Å²) in [7, 11) is -7.64. The molecular formula is C15H17ClN2O5S3. The van der Waals surface area contributed by atoms with Gasteiger partial charge >= 0.3 is 0 Å². The van der Waals surface area contributed by atoms with E-state index in [9.17, 15) is 16.8 Å². The molecule has 3 rings (SSSR count). The summed E-state index contributed by atoms with van der Waals surface area (Å²) in [5, 5.41) is 3.28. The number of sulfone groups is 2. The van der Waals surface area contributed by atoms with E-state index in [1.165, 1.54) is 24.3 Å². The van der Waals surface area contributed by atoms with E-state index in [0.29, 0.717) is 18.2 Å². The highest BCUT2D eigenvalue weighted by molar-refractivity contribution is 7.93. The topological polar surface area (TPSA) is 102 Å². The van der Waals surface area contributed by atoms with E-state index >= 15 is 0 Å². The summed E-state index contributed by atoms with van der Waals surface area (Å²) in [4.78, 5) is 3.90. The Labute approximate surface area is 161 Å². The second-order valence-corrected chi connectivity index (χ2v) is 11.3. The summed E-state index contributed by atoms with van der Waals surface area (Å²) in [6.45, 7) is 1.05. The third-order valence-electron chi connectivity index (χ3n) is 3.79. The van der Waals surface area contributed by atoms with Gasteiger partial charge in [-0.1, -0.05) is 22.9 Å². The van der Waals surface area contributed by atoms with Crippen LogP contribution in [0.2, 0.25) is 5.02 Å². The lowest BCUT2D eigenvalue weighted by molar-refractivity contribution is 0.120. The van der Waals surface area contributed by atoms with Gasteiger partial charge in [-0.3, -0.25) is 0 Å². The van der Waals surface area contributed by atoms with Crippen LogP contribution in [0.1, 0.15) is 12.8 Å². The van der Waals surface area contributed by atoms with Crippen LogP contribution in [-0.4, -0.2) is 47.3 Å². The number of hydrogen-bond acceptors (Lipinski definition) is 8. The van der Waals surface area contributed by atoms with Crippen molar-refractivity contribution < 1.29 is 21.6 Å². The van der Waals surface area contributed by atoms with Crippen LogP contribution < -0.4 is 5.32 Å². The molecule has 1 N–H and O–H groups in total. The van der Waals surface area contributed by atoms with Gasteiger partial charge in [0.25, 0.3) is 0 Å². The summed E-state index contributed by atoms with van der Waals surface area (Å²) in [5.74, 6) is 0. The summed E-state index contributed by atoms with van der Waals surface area (Å²) in [6, 6.07) is 5.64. The molecule has 0 spiro atoms. The van der Waals surface area contributed by atoms with E-state index in [1.807, 2.05) is 0 Å². The number of thiazole rings is 1. The van der Waals surface area contributed by atoms with Crippen molar-refractivity contribution in [1.82, 2.24) is 4.98 Å². The fraction of sp³-hybridized carbons (Fsp3) is 0.400. The molecule has 0 unspecified atom stereocenters. The fourth-order valence-corrected chi connectivity index (χ4v) is 6.13. The van der Waals surface area contributed by atoms with Crippen LogP contribution in [0.5, 0.6) is 0 Å². The Kier molecular flexibility index (Phi) is 5.59. The zero-order valence-electron chi connectivity index (χ0n) is 13.8. The third-order valence-corrected chi connectivity index (χ3v) is 8.56. The summed E-state index contributed by atoms with van der Waals surface area (Å²) >= 11 is 6.61. The minimum absolute atomic E-state index is 0.00702. The molecule has 1 aromatic carbocycles. The van der Waals surface area contributed by atoms with Gasteiger partial charge in [-0.15, -0.1) is 0 Å². The molecule has 1 saturated heterocycles. The van der Waals surface area contributed by atoms with E-state index in [0.717, 1.165) is 30.4 Å². The number of ether oxygens (including phenoxy) is 1. The van der Waals surface area contributed by atoms with E-state index in [4.69, 9.17) is 16.3 Å². The minimum atomic E-state index is -4.00. The number of rotatable bonds is 6. The van der Waals surface area contributed by atoms with E-state index < -0.39 is 19.7 Å². The predicted octanol–water partition coefficient (Wildman–Crippen LogP) is 2.62. The average molecular weight is 437 g/mol. The molecule has 7 nitrogen and oxygen atoms in total. The minimum Gasteiger partial charge on any atom is -0.376 e. The van der Waals surface area contributed by atoms with Crippen LogP contribution in [0.3, 0.4) is 0 Å². The Balaban J connectivity index is 2.00. The normalized spacial score (nSPS) is 18.2. The monoisotopic (exact) mass is 436 g/mol.